The van der Waals surface area contributed by atoms with Crippen LogP contribution in [0.2, 0.25) is 0 Å². The molecule has 2 atom stereocenters. The first kappa shape index (κ1) is 22.3. The molecule has 1 saturated heterocycles. The fourth-order valence-corrected chi connectivity index (χ4v) is 5.32. The van der Waals surface area contributed by atoms with E-state index in [0.29, 0.717) is 23.0 Å². The number of nitrogens with zero attached hydrogens (tertiary/aromatic N) is 3. The molecule has 34 heavy (non-hydrogen) atoms. The molecule has 0 N–H and O–H groups in total. The van der Waals surface area contributed by atoms with Gasteiger partial charge in [0.15, 0.2) is 0 Å². The Labute approximate surface area is 192 Å². The van der Waals surface area contributed by atoms with E-state index in [1.54, 1.807) is 12.3 Å². The zero-order chi connectivity index (χ0) is 24.6. The van der Waals surface area contributed by atoms with Gasteiger partial charge in [-0.15, -0.1) is 0 Å². The largest absolute Gasteiger partial charge is 0.501 e. The topological polar surface area (TPSA) is 87.7 Å². The van der Waals surface area contributed by atoms with E-state index in [0.717, 1.165) is 34.7 Å². The normalized spacial score (nSPS) is 22.8. The number of imide groups is 1. The van der Waals surface area contributed by atoms with Gasteiger partial charge >= 0.3 is 11.5 Å². The lowest BCUT2D eigenvalue weighted by Gasteiger charge is -2.23. The molecule has 1 aliphatic carbocycles. The number of benzene rings is 2. The maximum atomic E-state index is 13.6. The monoisotopic (exact) mass is 489 g/mol. The Kier molecular flexibility index (Phi) is 4.61. The Bertz CT molecular complexity index is 1470. The molecule has 2 aliphatic rings. The summed E-state index contributed by atoms with van der Waals surface area (Å²) in [6.45, 7) is 3.75. The van der Waals surface area contributed by atoms with Crippen LogP contribution in [-0.2, 0) is 14.6 Å². The van der Waals surface area contributed by atoms with Crippen molar-refractivity contribution in [3.63, 3.8) is 0 Å². The lowest BCUT2D eigenvalue weighted by atomic mass is 10.1. The van der Waals surface area contributed by atoms with Gasteiger partial charge in [-0.25, -0.2) is 18.1 Å². The fraction of sp³-hybridized carbons (Fsp3) is 0.261. The number of pyridine rings is 1. The van der Waals surface area contributed by atoms with Gasteiger partial charge in [0.05, 0.1) is 21.8 Å². The molecule has 1 aliphatic heterocycles. The second-order valence-electron chi connectivity index (χ2n) is 8.58. The van der Waals surface area contributed by atoms with Gasteiger partial charge in [0, 0.05) is 11.6 Å². The maximum Gasteiger partial charge on any atom is 0.501 e. The van der Waals surface area contributed by atoms with Crippen LogP contribution in [0.15, 0.2) is 59.6 Å². The Hall–Kier alpha value is -3.47. The molecule has 2 heterocycles. The number of hydrogen-bond acceptors (Lipinski definition) is 5. The van der Waals surface area contributed by atoms with Crippen molar-refractivity contribution in [1.82, 2.24) is 4.98 Å². The number of aryl methyl sites for hydroxylation is 1. The first-order chi connectivity index (χ1) is 15.9. The number of carbonyl (C=O) groups excluding carboxylic acids is 2. The predicted molar refractivity (Wildman–Crippen MR) is 118 cm³/mol. The average Bonchev–Trinajstić information content (AvgIpc) is 3.38. The lowest BCUT2D eigenvalue weighted by Crippen LogP contribution is -2.39. The van der Waals surface area contributed by atoms with Crippen LogP contribution >= 0.6 is 0 Å². The van der Waals surface area contributed by atoms with Gasteiger partial charge in [0.25, 0.3) is 15.7 Å². The smallest absolute Gasteiger partial charge is 0.277 e. The second-order valence-corrected chi connectivity index (χ2v) is 10.5. The minimum Gasteiger partial charge on any atom is -0.277 e. The number of aromatic nitrogens is 1. The van der Waals surface area contributed by atoms with Gasteiger partial charge in [0.1, 0.15) is 5.54 Å². The summed E-state index contributed by atoms with van der Waals surface area (Å²) >= 11 is 0. The van der Waals surface area contributed by atoms with E-state index >= 15 is 0 Å². The van der Waals surface area contributed by atoms with Crippen molar-refractivity contribution in [3.8, 4) is 0 Å². The minimum atomic E-state index is -5.55. The molecule has 1 saturated carbocycles. The number of hydrogen-bond donors (Lipinski definition) is 0. The molecule has 0 bridgehead atoms. The molecule has 11 heteroatoms. The maximum absolute atomic E-state index is 13.6. The van der Waals surface area contributed by atoms with E-state index in [9.17, 15) is 31.2 Å². The van der Waals surface area contributed by atoms with Gasteiger partial charge < -0.3 is 0 Å². The van der Waals surface area contributed by atoms with Crippen molar-refractivity contribution in [2.75, 3.05) is 9.80 Å². The zero-order valence-corrected chi connectivity index (χ0v) is 18.8. The van der Waals surface area contributed by atoms with Gasteiger partial charge in [-0.2, -0.15) is 13.2 Å². The van der Waals surface area contributed by atoms with Crippen LogP contribution in [-0.4, -0.2) is 36.4 Å². The van der Waals surface area contributed by atoms with E-state index in [4.69, 9.17) is 0 Å². The standard InChI is InChI=1S/C23H18F3N3O4S/c1-13-3-8-17-18(11-13)27-10-9-19(17)29-21(31)28(20(30)22(29)12-14(22)2)15-4-6-16(7-5-15)34(32,33)23(24,25)26/h3-11,14H,12H2,1-2H3. The quantitative estimate of drug-likeness (QED) is 0.503. The van der Waals surface area contributed by atoms with Crippen molar-refractivity contribution >= 4 is 44.1 Å². The average molecular weight is 489 g/mol. The van der Waals surface area contributed by atoms with Crippen LogP contribution in [0.1, 0.15) is 18.9 Å². The van der Waals surface area contributed by atoms with Crippen LogP contribution in [0.4, 0.5) is 29.3 Å². The summed E-state index contributed by atoms with van der Waals surface area (Å²) in [4.78, 5) is 32.8. The zero-order valence-electron chi connectivity index (χ0n) is 18.0. The number of anilines is 2. The molecule has 176 valence electrons. The van der Waals surface area contributed by atoms with Gasteiger partial charge in [-0.05, 0) is 61.2 Å². The van der Waals surface area contributed by atoms with Crippen LogP contribution < -0.4 is 9.80 Å². The summed E-state index contributed by atoms with van der Waals surface area (Å²) in [5, 5.41) is 0.682. The van der Waals surface area contributed by atoms with Gasteiger partial charge in [0.2, 0.25) is 0 Å². The molecular formula is C23H18F3N3O4S. The molecule has 5 rings (SSSR count). The van der Waals surface area contributed by atoms with E-state index in [1.165, 1.54) is 4.90 Å². The summed E-state index contributed by atoms with van der Waals surface area (Å²) in [6, 6.07) is 10.1. The number of alkyl halides is 3. The molecular weight excluding hydrogens is 471 g/mol. The Morgan fingerprint density at radius 3 is 2.29 bits per heavy atom. The number of rotatable bonds is 3. The highest BCUT2D eigenvalue weighted by molar-refractivity contribution is 7.92. The first-order valence-corrected chi connectivity index (χ1v) is 11.8. The SMILES string of the molecule is Cc1ccc2c(N3C(=O)N(c4ccc(S(=O)(=O)C(F)(F)F)cc4)C(=O)C34CC4C)ccnc2c1. The summed E-state index contributed by atoms with van der Waals surface area (Å²) in [5.74, 6) is -0.652. The van der Waals surface area contributed by atoms with Crippen LogP contribution in [0, 0.1) is 12.8 Å². The van der Waals surface area contributed by atoms with Crippen molar-refractivity contribution in [2.45, 2.75) is 36.2 Å². The van der Waals surface area contributed by atoms with E-state index in [1.807, 2.05) is 32.0 Å². The highest BCUT2D eigenvalue weighted by Crippen LogP contribution is 2.56. The van der Waals surface area contributed by atoms with E-state index in [2.05, 4.69) is 4.98 Å². The molecule has 0 radical (unpaired) electrons. The van der Waals surface area contributed by atoms with Crippen molar-refractivity contribution in [1.29, 1.82) is 0 Å². The Balaban J connectivity index is 1.59. The summed E-state index contributed by atoms with van der Waals surface area (Å²) < 4.78 is 62.0. The van der Waals surface area contributed by atoms with Crippen molar-refractivity contribution in [3.05, 3.63) is 60.3 Å². The van der Waals surface area contributed by atoms with Crippen LogP contribution in [0.25, 0.3) is 10.9 Å². The molecule has 1 aromatic heterocycles. The lowest BCUT2D eigenvalue weighted by molar-refractivity contribution is -0.119. The van der Waals surface area contributed by atoms with Crippen molar-refractivity contribution in [2.24, 2.45) is 5.92 Å². The van der Waals surface area contributed by atoms with Gasteiger partial charge in [-0.3, -0.25) is 14.7 Å². The molecule has 2 aromatic carbocycles. The highest BCUT2D eigenvalue weighted by Gasteiger charge is 2.70. The van der Waals surface area contributed by atoms with Crippen LogP contribution in [0.5, 0.6) is 0 Å². The molecule has 1 spiro atoms. The third-order valence-corrected chi connectivity index (χ3v) is 7.96. The van der Waals surface area contributed by atoms with Crippen molar-refractivity contribution < 1.29 is 31.2 Å². The third-order valence-electron chi connectivity index (χ3n) is 6.45. The third kappa shape index (κ3) is 2.96. The van der Waals surface area contributed by atoms with Gasteiger partial charge in [-0.1, -0.05) is 19.1 Å². The summed E-state index contributed by atoms with van der Waals surface area (Å²) in [7, 11) is -5.55. The number of fused-ring (bicyclic) bond motifs is 1. The Morgan fingerprint density at radius 2 is 1.71 bits per heavy atom. The second kappa shape index (κ2) is 7.02. The van der Waals surface area contributed by atoms with Crippen LogP contribution in [0.3, 0.4) is 0 Å². The highest BCUT2D eigenvalue weighted by atomic mass is 32.2. The number of sulfone groups is 1. The molecule has 7 nitrogen and oxygen atoms in total. The summed E-state index contributed by atoms with van der Waals surface area (Å²) in [6.07, 6.45) is 1.97. The molecule has 2 unspecified atom stereocenters. The minimum absolute atomic E-state index is 0.00805. The number of carbonyl (C=O) groups is 2. The predicted octanol–water partition coefficient (Wildman–Crippen LogP) is 4.59. The summed E-state index contributed by atoms with van der Waals surface area (Å²) in [5.41, 5.74) is -4.45. The molecule has 3 amide bonds. The molecule has 3 aromatic rings. The first-order valence-electron chi connectivity index (χ1n) is 10.3. The Morgan fingerprint density at radius 1 is 1.06 bits per heavy atom. The fourth-order valence-electron chi connectivity index (χ4n) is 4.56. The molecule has 2 fully saturated rings. The van der Waals surface area contributed by atoms with E-state index in [-0.39, 0.29) is 11.6 Å². The number of halogens is 3. The van der Waals surface area contributed by atoms with E-state index < -0.39 is 37.7 Å². The number of amides is 3. The number of urea groups is 1.